The lowest BCUT2D eigenvalue weighted by atomic mass is 10.0. The first-order valence-electron chi connectivity index (χ1n) is 4.67. The lowest BCUT2D eigenvalue weighted by Crippen LogP contribution is -1.90. The molecule has 3 saturated carbocycles. The Labute approximate surface area is 62.3 Å². The molecule has 0 radical (unpaired) electrons. The van der Waals surface area contributed by atoms with Crippen LogP contribution in [0.15, 0.2) is 11.1 Å². The van der Waals surface area contributed by atoms with E-state index in [1.54, 1.807) is 0 Å². The summed E-state index contributed by atoms with van der Waals surface area (Å²) < 4.78 is 0. The summed E-state index contributed by atoms with van der Waals surface area (Å²) in [4.78, 5) is 0. The van der Waals surface area contributed by atoms with Gasteiger partial charge in [0.15, 0.2) is 0 Å². The van der Waals surface area contributed by atoms with Gasteiger partial charge < -0.3 is 0 Å². The fourth-order valence-corrected chi connectivity index (χ4v) is 2.98. The Balaban J connectivity index is 2.04. The molecule has 0 heterocycles. The van der Waals surface area contributed by atoms with Crippen LogP contribution in [0.5, 0.6) is 0 Å². The molecule has 0 nitrogen and oxygen atoms in total. The second-order valence-corrected chi connectivity index (χ2v) is 4.11. The third-order valence-corrected chi connectivity index (χ3v) is 3.52. The Bertz CT molecular complexity index is 172. The zero-order chi connectivity index (χ0) is 6.55. The van der Waals surface area contributed by atoms with Crippen molar-refractivity contribution in [1.82, 2.24) is 0 Å². The van der Waals surface area contributed by atoms with Crippen molar-refractivity contribution < 1.29 is 0 Å². The second kappa shape index (κ2) is 1.66. The van der Waals surface area contributed by atoms with Crippen molar-refractivity contribution in [3.05, 3.63) is 11.1 Å². The van der Waals surface area contributed by atoms with Gasteiger partial charge in [-0.1, -0.05) is 11.1 Å². The van der Waals surface area contributed by atoms with Gasteiger partial charge in [0, 0.05) is 0 Å². The summed E-state index contributed by atoms with van der Waals surface area (Å²) in [5, 5.41) is 0. The van der Waals surface area contributed by atoms with Gasteiger partial charge in [0.05, 0.1) is 0 Å². The van der Waals surface area contributed by atoms with Crippen LogP contribution in [0.4, 0.5) is 0 Å². The van der Waals surface area contributed by atoms with E-state index in [0.717, 1.165) is 11.8 Å². The maximum absolute atomic E-state index is 1.94. The van der Waals surface area contributed by atoms with Crippen LogP contribution in [0.25, 0.3) is 0 Å². The maximum Gasteiger partial charge on any atom is -0.0197 e. The van der Waals surface area contributed by atoms with Crippen LogP contribution < -0.4 is 0 Å². The van der Waals surface area contributed by atoms with E-state index in [0.29, 0.717) is 0 Å². The molecule has 3 fully saturated rings. The summed E-state index contributed by atoms with van der Waals surface area (Å²) in [6.07, 6.45) is 9.05. The summed E-state index contributed by atoms with van der Waals surface area (Å²) in [5.74, 6) is 2.14. The predicted octanol–water partition coefficient (Wildman–Crippen LogP) is 2.90. The van der Waals surface area contributed by atoms with E-state index in [4.69, 9.17) is 0 Å². The molecule has 0 N–H and O–H groups in total. The van der Waals surface area contributed by atoms with E-state index in [1.807, 2.05) is 11.1 Å². The fourth-order valence-electron chi connectivity index (χ4n) is 2.98. The van der Waals surface area contributed by atoms with E-state index >= 15 is 0 Å². The van der Waals surface area contributed by atoms with E-state index in [2.05, 4.69) is 0 Å². The largest absolute Gasteiger partial charge is 0.0698 e. The molecule has 0 unspecified atom stereocenters. The van der Waals surface area contributed by atoms with Gasteiger partial charge in [-0.25, -0.2) is 0 Å². The molecule has 0 aromatic heterocycles. The molecular weight excluding hydrogens is 120 g/mol. The van der Waals surface area contributed by atoms with Crippen LogP contribution in [-0.4, -0.2) is 0 Å². The smallest absolute Gasteiger partial charge is 0.0197 e. The van der Waals surface area contributed by atoms with Gasteiger partial charge >= 0.3 is 0 Å². The first kappa shape index (κ1) is 5.40. The molecule has 0 heteroatoms. The molecule has 3 rings (SSSR count). The van der Waals surface area contributed by atoms with Crippen molar-refractivity contribution in [2.75, 3.05) is 0 Å². The van der Waals surface area contributed by atoms with Crippen molar-refractivity contribution in [3.8, 4) is 0 Å². The lowest BCUT2D eigenvalue weighted by Gasteiger charge is -2.04. The summed E-state index contributed by atoms with van der Waals surface area (Å²) in [6.45, 7) is 0. The summed E-state index contributed by atoms with van der Waals surface area (Å²) in [5.41, 5.74) is 3.81. The van der Waals surface area contributed by atoms with Gasteiger partial charge in [-0.05, 0) is 50.4 Å². The van der Waals surface area contributed by atoms with Crippen molar-refractivity contribution in [3.63, 3.8) is 0 Å². The predicted molar refractivity (Wildman–Crippen MR) is 41.7 cm³/mol. The van der Waals surface area contributed by atoms with Gasteiger partial charge in [0.2, 0.25) is 0 Å². The van der Waals surface area contributed by atoms with E-state index in [1.165, 1.54) is 38.5 Å². The van der Waals surface area contributed by atoms with Crippen molar-refractivity contribution in [2.24, 2.45) is 11.8 Å². The van der Waals surface area contributed by atoms with E-state index < -0.39 is 0 Å². The molecule has 0 aromatic carbocycles. The van der Waals surface area contributed by atoms with Gasteiger partial charge in [0.1, 0.15) is 0 Å². The Hall–Kier alpha value is -0.260. The average Bonchev–Trinajstić information content (AvgIpc) is 2.65. The second-order valence-electron chi connectivity index (χ2n) is 4.11. The minimum Gasteiger partial charge on any atom is -0.0698 e. The molecule has 0 spiro atoms. The summed E-state index contributed by atoms with van der Waals surface area (Å²) in [6, 6.07) is 0. The van der Waals surface area contributed by atoms with Crippen LogP contribution in [0, 0.1) is 11.8 Å². The van der Waals surface area contributed by atoms with Crippen LogP contribution >= 0.6 is 0 Å². The number of fused-ring (bicyclic) bond motifs is 2. The van der Waals surface area contributed by atoms with Gasteiger partial charge in [-0.2, -0.15) is 0 Å². The van der Waals surface area contributed by atoms with E-state index in [9.17, 15) is 0 Å². The highest BCUT2D eigenvalue weighted by atomic mass is 14.4. The number of hydrogen-bond donors (Lipinski definition) is 0. The third-order valence-electron chi connectivity index (χ3n) is 3.52. The molecule has 3 aliphatic rings. The normalized spacial score (nSPS) is 43.2. The number of rotatable bonds is 0. The SMILES string of the molecule is C1CC1=C1C2CCC1CC2. The minimum atomic E-state index is 1.07. The zero-order valence-corrected chi connectivity index (χ0v) is 6.40. The molecule has 0 amide bonds. The first-order valence-corrected chi connectivity index (χ1v) is 4.67. The summed E-state index contributed by atoms with van der Waals surface area (Å²) >= 11 is 0. The average molecular weight is 134 g/mol. The highest BCUT2D eigenvalue weighted by Crippen LogP contribution is 2.54. The highest BCUT2D eigenvalue weighted by Gasteiger charge is 2.39. The standard InChI is InChI=1S/C10H14/c1-2-8-4-3-7(1)10(8)9-5-6-9/h7-8H,1-6H2. The molecule has 0 atom stereocenters. The number of allylic oxidation sites excluding steroid dienone is 2. The molecular formula is C10H14. The monoisotopic (exact) mass is 134 g/mol. The molecule has 2 bridgehead atoms. The van der Waals surface area contributed by atoms with E-state index in [-0.39, 0.29) is 0 Å². The van der Waals surface area contributed by atoms with Crippen LogP contribution in [0.1, 0.15) is 38.5 Å². The Kier molecular flexibility index (Phi) is 0.898. The zero-order valence-electron chi connectivity index (χ0n) is 6.40. The van der Waals surface area contributed by atoms with Crippen LogP contribution in [-0.2, 0) is 0 Å². The van der Waals surface area contributed by atoms with Crippen molar-refractivity contribution >= 4 is 0 Å². The molecule has 3 aliphatic carbocycles. The van der Waals surface area contributed by atoms with Crippen molar-refractivity contribution in [1.29, 1.82) is 0 Å². The Morgan fingerprint density at radius 1 is 0.800 bits per heavy atom. The maximum atomic E-state index is 1.94. The lowest BCUT2D eigenvalue weighted by molar-refractivity contribution is 0.480. The van der Waals surface area contributed by atoms with Gasteiger partial charge in [-0.15, -0.1) is 0 Å². The minimum absolute atomic E-state index is 1.07. The van der Waals surface area contributed by atoms with Gasteiger partial charge in [0.25, 0.3) is 0 Å². The number of hydrogen-bond acceptors (Lipinski definition) is 0. The van der Waals surface area contributed by atoms with Crippen LogP contribution in [0.2, 0.25) is 0 Å². The quantitative estimate of drug-likeness (QED) is 0.447. The molecule has 0 aromatic rings. The van der Waals surface area contributed by atoms with Gasteiger partial charge in [-0.3, -0.25) is 0 Å². The highest BCUT2D eigenvalue weighted by molar-refractivity contribution is 5.33. The van der Waals surface area contributed by atoms with Crippen LogP contribution in [0.3, 0.4) is 0 Å². The molecule has 54 valence electrons. The topological polar surface area (TPSA) is 0 Å². The molecule has 0 aliphatic heterocycles. The fraction of sp³-hybridized carbons (Fsp3) is 0.800. The Morgan fingerprint density at radius 2 is 1.30 bits per heavy atom. The molecule has 0 saturated heterocycles. The Morgan fingerprint density at radius 3 is 1.70 bits per heavy atom. The summed E-state index contributed by atoms with van der Waals surface area (Å²) in [7, 11) is 0. The molecule has 10 heavy (non-hydrogen) atoms. The van der Waals surface area contributed by atoms with Crippen molar-refractivity contribution in [2.45, 2.75) is 38.5 Å². The third kappa shape index (κ3) is 0.574. The first-order chi connectivity index (χ1) is 4.95.